The van der Waals surface area contributed by atoms with E-state index in [1.165, 1.54) is 0 Å². The Balaban J connectivity index is 2.57. The quantitative estimate of drug-likeness (QED) is 0.736. The zero-order valence-electron chi connectivity index (χ0n) is 11.9. The molecule has 2 rings (SSSR count). The summed E-state index contributed by atoms with van der Waals surface area (Å²) in [5, 5.41) is 2.65. The molecule has 0 saturated heterocycles. The first-order chi connectivity index (χ1) is 10.4. The normalized spacial score (nSPS) is 10.2. The number of carbonyl (C=O) groups is 3. The highest BCUT2D eigenvalue weighted by molar-refractivity contribution is 7.20. The predicted molar refractivity (Wildman–Crippen MR) is 86.1 cm³/mol. The van der Waals surface area contributed by atoms with E-state index in [-0.39, 0.29) is 16.3 Å². The fourth-order valence-electron chi connectivity index (χ4n) is 2.04. The van der Waals surface area contributed by atoms with Crippen LogP contribution in [0.25, 0.3) is 10.4 Å². The molecule has 0 saturated carbocycles. The lowest BCUT2D eigenvalue weighted by atomic mass is 10.0. The second kappa shape index (κ2) is 6.40. The Morgan fingerprint density at radius 3 is 2.41 bits per heavy atom. The number of nitrogens with two attached hydrogens (primary N) is 2. The number of urea groups is 1. The molecule has 1 aromatic carbocycles. The number of hydrogen-bond acceptors (Lipinski definition) is 4. The van der Waals surface area contributed by atoms with Crippen molar-refractivity contribution in [2.45, 2.75) is 13.3 Å². The highest BCUT2D eigenvalue weighted by Crippen LogP contribution is 2.37. The second-order valence-corrected chi connectivity index (χ2v) is 5.58. The van der Waals surface area contributed by atoms with Crippen LogP contribution in [-0.2, 0) is 0 Å². The van der Waals surface area contributed by atoms with Crippen LogP contribution in [0.4, 0.5) is 9.80 Å². The van der Waals surface area contributed by atoms with Crippen LogP contribution in [-0.4, -0.2) is 17.7 Å². The van der Waals surface area contributed by atoms with Crippen molar-refractivity contribution in [2.75, 3.05) is 5.32 Å². The zero-order chi connectivity index (χ0) is 16.3. The molecule has 0 fully saturated rings. The maximum absolute atomic E-state index is 12.0. The Morgan fingerprint density at radius 2 is 1.82 bits per heavy atom. The Labute approximate surface area is 131 Å². The molecule has 0 unspecified atom stereocenters. The van der Waals surface area contributed by atoms with Crippen LogP contribution in [0.1, 0.15) is 34.1 Å². The Bertz CT molecular complexity index is 752. The third-order valence-corrected chi connectivity index (χ3v) is 4.13. The van der Waals surface area contributed by atoms with Gasteiger partial charge in [0.15, 0.2) is 5.78 Å². The molecule has 0 radical (unpaired) electrons. The number of benzene rings is 1. The lowest BCUT2D eigenvalue weighted by Crippen LogP contribution is -2.21. The molecular formula is C15H15N3O3S. The van der Waals surface area contributed by atoms with E-state index >= 15 is 0 Å². The Hall–Kier alpha value is -2.67. The highest BCUT2D eigenvalue weighted by atomic mass is 32.1. The van der Waals surface area contributed by atoms with E-state index in [9.17, 15) is 14.4 Å². The molecule has 114 valence electrons. The van der Waals surface area contributed by atoms with Gasteiger partial charge in [0.1, 0.15) is 5.00 Å². The number of primary amides is 2. The standard InChI is InChI=1S/C15H15N3O3S/c1-2-11(19)8-5-3-4-6-9(8)12-7-10(13(16)20)14(22-12)18-15(17)21/h3-7H,2H2,1H3,(H2,16,20)(H3,17,18,21). The van der Waals surface area contributed by atoms with Gasteiger partial charge in [-0.25, -0.2) is 4.79 Å². The van der Waals surface area contributed by atoms with Gasteiger partial charge < -0.3 is 11.5 Å². The van der Waals surface area contributed by atoms with E-state index in [0.29, 0.717) is 22.4 Å². The SMILES string of the molecule is CCC(=O)c1ccccc1-c1cc(C(N)=O)c(NC(N)=O)s1. The number of carbonyl (C=O) groups excluding carboxylic acids is 3. The number of hydrogen-bond donors (Lipinski definition) is 3. The summed E-state index contributed by atoms with van der Waals surface area (Å²) in [6.45, 7) is 1.78. The summed E-state index contributed by atoms with van der Waals surface area (Å²) in [6.07, 6.45) is 0.372. The number of nitrogens with one attached hydrogen (secondary N) is 1. The second-order valence-electron chi connectivity index (χ2n) is 4.53. The molecule has 5 N–H and O–H groups in total. The molecule has 0 aliphatic carbocycles. The van der Waals surface area contributed by atoms with Crippen molar-refractivity contribution in [2.24, 2.45) is 11.5 Å². The summed E-state index contributed by atoms with van der Waals surface area (Å²) in [6, 6.07) is 7.86. The minimum Gasteiger partial charge on any atom is -0.366 e. The van der Waals surface area contributed by atoms with E-state index < -0.39 is 11.9 Å². The topological polar surface area (TPSA) is 115 Å². The highest BCUT2D eigenvalue weighted by Gasteiger charge is 2.18. The van der Waals surface area contributed by atoms with Crippen LogP contribution in [0.5, 0.6) is 0 Å². The molecular weight excluding hydrogens is 302 g/mol. The third-order valence-electron chi connectivity index (χ3n) is 3.05. The summed E-state index contributed by atoms with van der Waals surface area (Å²) < 4.78 is 0. The molecule has 0 aliphatic rings. The maximum atomic E-state index is 12.0. The molecule has 6 nitrogen and oxygen atoms in total. The van der Waals surface area contributed by atoms with Crippen molar-refractivity contribution >= 4 is 34.1 Å². The molecule has 7 heteroatoms. The average molecular weight is 317 g/mol. The average Bonchev–Trinajstić information content (AvgIpc) is 2.89. The van der Waals surface area contributed by atoms with Crippen molar-refractivity contribution in [3.63, 3.8) is 0 Å². The first kappa shape index (κ1) is 15.7. The molecule has 3 amide bonds. The van der Waals surface area contributed by atoms with Crippen molar-refractivity contribution < 1.29 is 14.4 Å². The summed E-state index contributed by atoms with van der Waals surface area (Å²) in [5.41, 5.74) is 11.8. The van der Waals surface area contributed by atoms with Gasteiger partial charge in [0.25, 0.3) is 5.91 Å². The molecule has 1 aromatic heterocycles. The van der Waals surface area contributed by atoms with Crippen molar-refractivity contribution in [3.05, 3.63) is 41.5 Å². The molecule has 22 heavy (non-hydrogen) atoms. The van der Waals surface area contributed by atoms with Gasteiger partial charge in [-0.05, 0) is 6.07 Å². The largest absolute Gasteiger partial charge is 0.366 e. The van der Waals surface area contributed by atoms with Crippen LogP contribution < -0.4 is 16.8 Å². The summed E-state index contributed by atoms with van der Waals surface area (Å²) >= 11 is 1.15. The number of amides is 3. The summed E-state index contributed by atoms with van der Waals surface area (Å²) in [5.74, 6) is -0.681. The van der Waals surface area contributed by atoms with Crippen LogP contribution >= 0.6 is 11.3 Å². The van der Waals surface area contributed by atoms with E-state index in [0.717, 1.165) is 11.3 Å². The predicted octanol–water partition coefficient (Wildman–Crippen LogP) is 2.60. The zero-order valence-corrected chi connectivity index (χ0v) is 12.7. The number of ketones is 1. The first-order valence-corrected chi connectivity index (χ1v) is 7.38. The van der Waals surface area contributed by atoms with Gasteiger partial charge >= 0.3 is 6.03 Å². The van der Waals surface area contributed by atoms with Crippen LogP contribution in [0, 0.1) is 0 Å². The van der Waals surface area contributed by atoms with Gasteiger partial charge in [0.05, 0.1) is 5.56 Å². The first-order valence-electron chi connectivity index (χ1n) is 6.56. The maximum Gasteiger partial charge on any atom is 0.317 e. The van der Waals surface area contributed by atoms with Crippen LogP contribution in [0.15, 0.2) is 30.3 Å². The van der Waals surface area contributed by atoms with Crippen molar-refractivity contribution in [1.82, 2.24) is 0 Å². The van der Waals surface area contributed by atoms with E-state index in [2.05, 4.69) is 5.32 Å². The van der Waals surface area contributed by atoms with E-state index in [1.807, 2.05) is 0 Å². The van der Waals surface area contributed by atoms with Crippen LogP contribution in [0.3, 0.4) is 0 Å². The van der Waals surface area contributed by atoms with Gasteiger partial charge in [0.2, 0.25) is 0 Å². The molecule has 0 atom stereocenters. The number of thiophene rings is 1. The van der Waals surface area contributed by atoms with Crippen molar-refractivity contribution in [3.8, 4) is 10.4 Å². The Morgan fingerprint density at radius 1 is 1.14 bits per heavy atom. The molecule has 1 heterocycles. The third kappa shape index (κ3) is 3.15. The Kier molecular flexibility index (Phi) is 4.57. The summed E-state index contributed by atoms with van der Waals surface area (Å²) in [7, 11) is 0. The van der Waals surface area contributed by atoms with Gasteiger partial charge in [0, 0.05) is 22.4 Å². The van der Waals surface area contributed by atoms with Gasteiger partial charge in [-0.15, -0.1) is 11.3 Å². The van der Waals surface area contributed by atoms with Crippen molar-refractivity contribution in [1.29, 1.82) is 0 Å². The van der Waals surface area contributed by atoms with Gasteiger partial charge in [-0.3, -0.25) is 14.9 Å². The number of rotatable bonds is 5. The minimum atomic E-state index is -0.784. The van der Waals surface area contributed by atoms with Gasteiger partial charge in [-0.2, -0.15) is 0 Å². The molecule has 2 aromatic rings. The van der Waals surface area contributed by atoms with Crippen LogP contribution in [0.2, 0.25) is 0 Å². The smallest absolute Gasteiger partial charge is 0.317 e. The number of anilines is 1. The fourth-order valence-corrected chi connectivity index (χ4v) is 3.15. The van der Waals surface area contributed by atoms with E-state index in [4.69, 9.17) is 11.5 Å². The van der Waals surface area contributed by atoms with Gasteiger partial charge in [-0.1, -0.05) is 31.2 Å². The molecule has 0 spiro atoms. The minimum absolute atomic E-state index is 0.00552. The number of Topliss-reactive ketones (excluding diaryl/α,β-unsaturated/α-hetero) is 1. The fraction of sp³-hybridized carbons (Fsp3) is 0.133. The molecule has 0 aliphatic heterocycles. The summed E-state index contributed by atoms with van der Waals surface area (Å²) in [4.78, 5) is 35.2. The monoisotopic (exact) mass is 317 g/mol. The lowest BCUT2D eigenvalue weighted by Gasteiger charge is -2.05. The molecule has 0 bridgehead atoms. The lowest BCUT2D eigenvalue weighted by molar-refractivity contribution is 0.0985. The van der Waals surface area contributed by atoms with E-state index in [1.54, 1.807) is 37.3 Å².